The zero-order chi connectivity index (χ0) is 12.1. The summed E-state index contributed by atoms with van der Waals surface area (Å²) in [6, 6.07) is 0. The monoisotopic (exact) mass is 235 g/mol. The molecule has 1 N–H and O–H groups in total. The van der Waals surface area contributed by atoms with Crippen molar-refractivity contribution in [2.24, 2.45) is 5.92 Å². The predicted molar refractivity (Wildman–Crippen MR) is 67.1 cm³/mol. The van der Waals surface area contributed by atoms with Crippen LogP contribution >= 0.6 is 0 Å². The van der Waals surface area contributed by atoms with Gasteiger partial charge in [-0.25, -0.2) is 0 Å². The van der Waals surface area contributed by atoms with Crippen molar-refractivity contribution in [3.05, 3.63) is 18.0 Å². The van der Waals surface area contributed by atoms with Crippen LogP contribution in [0.2, 0.25) is 0 Å². The van der Waals surface area contributed by atoms with E-state index >= 15 is 0 Å². The molecule has 17 heavy (non-hydrogen) atoms. The third kappa shape index (κ3) is 3.40. The highest BCUT2D eigenvalue weighted by molar-refractivity contribution is 5.95. The average Bonchev–Trinajstić information content (AvgIpc) is 2.97. The topological polar surface area (TPSA) is 46.9 Å². The van der Waals surface area contributed by atoms with E-state index in [1.165, 1.54) is 6.42 Å². The number of Topliss-reactive ketones (excluding diaryl/α,β-unsaturated/α-hetero) is 1. The Labute approximate surface area is 102 Å². The van der Waals surface area contributed by atoms with Gasteiger partial charge in [-0.1, -0.05) is 6.92 Å². The Morgan fingerprint density at radius 2 is 2.53 bits per heavy atom. The Kier molecular flexibility index (Phi) is 4.31. The smallest absolute Gasteiger partial charge is 0.166 e. The second kappa shape index (κ2) is 5.96. The van der Waals surface area contributed by atoms with Crippen molar-refractivity contribution in [3.8, 4) is 0 Å². The highest BCUT2D eigenvalue weighted by Gasteiger charge is 2.16. The number of nitrogens with zero attached hydrogens (tertiary/aromatic N) is 2. The number of rotatable bonds is 6. The van der Waals surface area contributed by atoms with E-state index in [1.54, 1.807) is 6.20 Å². The van der Waals surface area contributed by atoms with Gasteiger partial charge in [0.15, 0.2) is 5.78 Å². The number of carbonyl (C=O) groups excluding carboxylic acids is 1. The molecule has 0 radical (unpaired) electrons. The second-order valence-electron chi connectivity index (χ2n) is 4.81. The van der Waals surface area contributed by atoms with Crippen molar-refractivity contribution >= 4 is 5.78 Å². The van der Waals surface area contributed by atoms with Crippen LogP contribution in [0.25, 0.3) is 0 Å². The van der Waals surface area contributed by atoms with Gasteiger partial charge >= 0.3 is 0 Å². The van der Waals surface area contributed by atoms with Crippen molar-refractivity contribution in [3.63, 3.8) is 0 Å². The summed E-state index contributed by atoms with van der Waals surface area (Å²) in [5, 5.41) is 7.52. The van der Waals surface area contributed by atoms with Crippen LogP contribution in [0, 0.1) is 5.92 Å². The molecule has 4 heteroatoms. The number of aromatic nitrogens is 2. The Balaban J connectivity index is 1.81. The summed E-state index contributed by atoms with van der Waals surface area (Å²) in [6.07, 6.45) is 7.49. The Bertz CT molecular complexity index is 366. The van der Waals surface area contributed by atoms with Crippen LogP contribution in [0.4, 0.5) is 0 Å². The molecule has 94 valence electrons. The first-order chi connectivity index (χ1) is 8.29. The largest absolute Gasteiger partial charge is 0.316 e. The Morgan fingerprint density at radius 1 is 1.65 bits per heavy atom. The van der Waals surface area contributed by atoms with Gasteiger partial charge in [0, 0.05) is 19.2 Å². The minimum atomic E-state index is 0.235. The van der Waals surface area contributed by atoms with Gasteiger partial charge in [0.1, 0.15) is 0 Å². The normalized spacial score (nSPS) is 19.7. The summed E-state index contributed by atoms with van der Waals surface area (Å²) < 4.78 is 1.85. The van der Waals surface area contributed by atoms with E-state index in [-0.39, 0.29) is 5.78 Å². The van der Waals surface area contributed by atoms with Gasteiger partial charge in [0.25, 0.3) is 0 Å². The van der Waals surface area contributed by atoms with Gasteiger partial charge in [0.05, 0.1) is 11.8 Å². The van der Waals surface area contributed by atoms with E-state index in [9.17, 15) is 4.79 Å². The van der Waals surface area contributed by atoms with Gasteiger partial charge in [-0.3, -0.25) is 9.48 Å². The number of ketones is 1. The third-order valence-corrected chi connectivity index (χ3v) is 3.35. The Hall–Kier alpha value is -1.16. The molecule has 4 nitrogen and oxygen atoms in total. The summed E-state index contributed by atoms with van der Waals surface area (Å²) in [6.45, 7) is 5.17. The molecule has 0 aromatic carbocycles. The number of hydrogen-bond acceptors (Lipinski definition) is 3. The van der Waals surface area contributed by atoms with Gasteiger partial charge in [-0.15, -0.1) is 0 Å². The molecule has 1 saturated heterocycles. The lowest BCUT2D eigenvalue weighted by atomic mass is 9.99. The zero-order valence-electron chi connectivity index (χ0n) is 10.5. The van der Waals surface area contributed by atoms with E-state index in [0.717, 1.165) is 38.0 Å². The molecular formula is C13H21N3O. The summed E-state index contributed by atoms with van der Waals surface area (Å²) >= 11 is 0. The molecule has 1 aromatic rings. The van der Waals surface area contributed by atoms with E-state index in [1.807, 2.05) is 10.9 Å². The van der Waals surface area contributed by atoms with Gasteiger partial charge in [0.2, 0.25) is 0 Å². The lowest BCUT2D eigenvalue weighted by Gasteiger charge is -2.05. The second-order valence-corrected chi connectivity index (χ2v) is 4.81. The van der Waals surface area contributed by atoms with Crippen molar-refractivity contribution in [2.75, 3.05) is 13.1 Å². The minimum Gasteiger partial charge on any atom is -0.316 e. The van der Waals surface area contributed by atoms with E-state index in [4.69, 9.17) is 0 Å². The summed E-state index contributed by atoms with van der Waals surface area (Å²) in [4.78, 5) is 11.9. The van der Waals surface area contributed by atoms with Crippen LogP contribution in [0.1, 0.15) is 43.0 Å². The van der Waals surface area contributed by atoms with E-state index < -0.39 is 0 Å². The zero-order valence-corrected chi connectivity index (χ0v) is 10.5. The molecule has 0 bridgehead atoms. The quantitative estimate of drug-likeness (QED) is 0.766. The maximum Gasteiger partial charge on any atom is 0.166 e. The van der Waals surface area contributed by atoms with Crippen molar-refractivity contribution in [1.82, 2.24) is 15.1 Å². The molecule has 2 rings (SSSR count). The standard InChI is InChI=1S/C13H21N3O/c1-2-7-16-10-12(9-15-16)13(17)4-3-11-5-6-14-8-11/h9-11,14H,2-8H2,1H3. The molecule has 0 saturated carbocycles. The fraction of sp³-hybridized carbons (Fsp3) is 0.692. The third-order valence-electron chi connectivity index (χ3n) is 3.35. The van der Waals surface area contributed by atoms with Crippen LogP contribution in [0.3, 0.4) is 0 Å². The fourth-order valence-corrected chi connectivity index (χ4v) is 2.30. The van der Waals surface area contributed by atoms with E-state index in [0.29, 0.717) is 12.3 Å². The summed E-state index contributed by atoms with van der Waals surface area (Å²) in [5.41, 5.74) is 0.768. The summed E-state index contributed by atoms with van der Waals surface area (Å²) in [7, 11) is 0. The first kappa shape index (κ1) is 12.3. The fourth-order valence-electron chi connectivity index (χ4n) is 2.30. The number of hydrogen-bond donors (Lipinski definition) is 1. The average molecular weight is 235 g/mol. The number of aryl methyl sites for hydroxylation is 1. The molecule has 0 amide bonds. The highest BCUT2D eigenvalue weighted by atomic mass is 16.1. The molecule has 1 aliphatic rings. The molecule has 0 spiro atoms. The van der Waals surface area contributed by atoms with Crippen LogP contribution in [0.15, 0.2) is 12.4 Å². The molecule has 0 aliphatic carbocycles. The van der Waals surface area contributed by atoms with E-state index in [2.05, 4.69) is 17.3 Å². The number of nitrogens with one attached hydrogen (secondary N) is 1. The minimum absolute atomic E-state index is 0.235. The summed E-state index contributed by atoms with van der Waals surface area (Å²) in [5.74, 6) is 0.920. The molecule has 1 fully saturated rings. The van der Waals surface area contributed by atoms with Crippen molar-refractivity contribution < 1.29 is 4.79 Å². The predicted octanol–water partition coefficient (Wildman–Crippen LogP) is 1.87. The molecule has 2 heterocycles. The Morgan fingerprint density at radius 3 is 3.24 bits per heavy atom. The first-order valence-electron chi connectivity index (χ1n) is 6.56. The molecule has 1 unspecified atom stereocenters. The van der Waals surface area contributed by atoms with Crippen LogP contribution in [0.5, 0.6) is 0 Å². The van der Waals surface area contributed by atoms with Crippen LogP contribution in [-0.4, -0.2) is 28.7 Å². The molecule has 1 aromatic heterocycles. The maximum absolute atomic E-state index is 11.9. The maximum atomic E-state index is 11.9. The molecule has 1 aliphatic heterocycles. The number of carbonyl (C=O) groups is 1. The molecule has 1 atom stereocenters. The SMILES string of the molecule is CCCn1cc(C(=O)CCC2CCNC2)cn1. The van der Waals surface area contributed by atoms with Crippen LogP contribution < -0.4 is 5.32 Å². The van der Waals surface area contributed by atoms with Crippen LogP contribution in [-0.2, 0) is 6.54 Å². The molecular weight excluding hydrogens is 214 g/mol. The lowest BCUT2D eigenvalue weighted by Crippen LogP contribution is -2.10. The van der Waals surface area contributed by atoms with Gasteiger partial charge < -0.3 is 5.32 Å². The lowest BCUT2D eigenvalue weighted by molar-refractivity contribution is 0.0974. The first-order valence-corrected chi connectivity index (χ1v) is 6.56. The van der Waals surface area contributed by atoms with Gasteiger partial charge in [-0.2, -0.15) is 5.10 Å². The van der Waals surface area contributed by atoms with Crippen molar-refractivity contribution in [1.29, 1.82) is 0 Å². The van der Waals surface area contributed by atoms with Gasteiger partial charge in [-0.05, 0) is 38.3 Å². The highest BCUT2D eigenvalue weighted by Crippen LogP contribution is 2.16. The van der Waals surface area contributed by atoms with Crippen molar-refractivity contribution in [2.45, 2.75) is 39.2 Å².